The van der Waals surface area contributed by atoms with Gasteiger partial charge in [0.05, 0.1) is 12.5 Å². The van der Waals surface area contributed by atoms with Gasteiger partial charge in [0, 0.05) is 24.3 Å². The van der Waals surface area contributed by atoms with Gasteiger partial charge in [0.25, 0.3) is 0 Å². The van der Waals surface area contributed by atoms with Gasteiger partial charge < -0.3 is 10.2 Å². The molecular formula is C21H21N5O2. The Morgan fingerprint density at radius 3 is 2.71 bits per heavy atom. The SMILES string of the molecule is Cc1ccc(N2CC(C(=O)Nc3ccccc3Cn3cncn3)CC2=O)cc1. The number of carbonyl (C=O) groups is 2. The van der Waals surface area contributed by atoms with Crippen LogP contribution in [0, 0.1) is 12.8 Å². The zero-order valence-corrected chi connectivity index (χ0v) is 15.6. The molecule has 0 spiro atoms. The standard InChI is InChI=1S/C21H21N5O2/c1-15-6-8-18(9-7-15)26-12-17(10-20(26)27)21(28)24-19-5-3-2-4-16(19)11-25-14-22-13-23-25/h2-9,13-14,17H,10-12H2,1H3,(H,24,28). The Kier molecular flexibility index (Phi) is 4.89. The van der Waals surface area contributed by atoms with Crippen LogP contribution in [0.3, 0.4) is 0 Å². The highest BCUT2D eigenvalue weighted by Gasteiger charge is 2.35. The molecule has 3 aromatic rings. The molecule has 1 N–H and O–H groups in total. The molecule has 0 aliphatic carbocycles. The lowest BCUT2D eigenvalue weighted by Gasteiger charge is -2.17. The van der Waals surface area contributed by atoms with E-state index in [1.54, 1.807) is 15.9 Å². The number of nitrogens with zero attached hydrogens (tertiary/aromatic N) is 4. The summed E-state index contributed by atoms with van der Waals surface area (Å²) in [6, 6.07) is 15.4. The van der Waals surface area contributed by atoms with Crippen molar-refractivity contribution in [2.75, 3.05) is 16.8 Å². The summed E-state index contributed by atoms with van der Waals surface area (Å²) in [7, 11) is 0. The maximum Gasteiger partial charge on any atom is 0.229 e. The number of aromatic nitrogens is 3. The number of hydrogen-bond donors (Lipinski definition) is 1. The van der Waals surface area contributed by atoms with E-state index in [1.165, 1.54) is 6.33 Å². The molecule has 0 saturated carbocycles. The van der Waals surface area contributed by atoms with Gasteiger partial charge in [0.1, 0.15) is 12.7 Å². The van der Waals surface area contributed by atoms with E-state index in [0.29, 0.717) is 13.1 Å². The van der Waals surface area contributed by atoms with E-state index in [-0.39, 0.29) is 24.2 Å². The van der Waals surface area contributed by atoms with Gasteiger partial charge in [-0.1, -0.05) is 35.9 Å². The fraction of sp³-hybridized carbons (Fsp3) is 0.238. The molecule has 0 bridgehead atoms. The summed E-state index contributed by atoms with van der Waals surface area (Å²) in [6.45, 7) is 2.90. The molecule has 2 aromatic carbocycles. The van der Waals surface area contributed by atoms with Crippen molar-refractivity contribution in [3.8, 4) is 0 Å². The van der Waals surface area contributed by atoms with Gasteiger partial charge in [-0.15, -0.1) is 0 Å². The molecule has 7 heteroatoms. The Hall–Kier alpha value is -3.48. The third-order valence-corrected chi connectivity index (χ3v) is 4.92. The minimum atomic E-state index is -0.381. The average molecular weight is 375 g/mol. The van der Waals surface area contributed by atoms with Crippen molar-refractivity contribution < 1.29 is 9.59 Å². The number of para-hydroxylation sites is 1. The zero-order chi connectivity index (χ0) is 19.5. The normalized spacial score (nSPS) is 16.4. The van der Waals surface area contributed by atoms with E-state index in [1.807, 2.05) is 55.5 Å². The van der Waals surface area contributed by atoms with Gasteiger partial charge in [-0.25, -0.2) is 9.67 Å². The third-order valence-electron chi connectivity index (χ3n) is 4.92. The molecular weight excluding hydrogens is 354 g/mol. The molecule has 142 valence electrons. The smallest absolute Gasteiger partial charge is 0.229 e. The Bertz CT molecular complexity index is 982. The number of nitrogens with one attached hydrogen (secondary N) is 1. The molecule has 1 saturated heterocycles. The Labute approximate surface area is 163 Å². The van der Waals surface area contributed by atoms with E-state index >= 15 is 0 Å². The molecule has 1 fully saturated rings. The molecule has 1 aliphatic heterocycles. The lowest BCUT2D eigenvalue weighted by molar-refractivity contribution is -0.122. The number of anilines is 2. The predicted molar refractivity (Wildman–Crippen MR) is 106 cm³/mol. The maximum absolute atomic E-state index is 12.8. The van der Waals surface area contributed by atoms with Gasteiger partial charge in [0.15, 0.2) is 0 Å². The Morgan fingerprint density at radius 2 is 1.96 bits per heavy atom. The van der Waals surface area contributed by atoms with Crippen LogP contribution in [0.25, 0.3) is 0 Å². The van der Waals surface area contributed by atoms with Crippen LogP contribution in [0.4, 0.5) is 11.4 Å². The molecule has 28 heavy (non-hydrogen) atoms. The van der Waals surface area contributed by atoms with Crippen molar-refractivity contribution in [3.05, 3.63) is 72.3 Å². The summed E-state index contributed by atoms with van der Waals surface area (Å²) in [6.07, 6.45) is 3.32. The zero-order valence-electron chi connectivity index (χ0n) is 15.6. The highest BCUT2D eigenvalue weighted by molar-refractivity contribution is 6.03. The van der Waals surface area contributed by atoms with E-state index in [0.717, 1.165) is 22.5 Å². The monoisotopic (exact) mass is 375 g/mol. The summed E-state index contributed by atoms with van der Waals surface area (Å²) < 4.78 is 1.70. The largest absolute Gasteiger partial charge is 0.325 e. The van der Waals surface area contributed by atoms with Crippen molar-refractivity contribution in [1.82, 2.24) is 14.8 Å². The van der Waals surface area contributed by atoms with Crippen molar-refractivity contribution in [1.29, 1.82) is 0 Å². The fourth-order valence-electron chi connectivity index (χ4n) is 3.36. The lowest BCUT2D eigenvalue weighted by atomic mass is 10.1. The third kappa shape index (κ3) is 3.78. The summed E-state index contributed by atoms with van der Waals surface area (Å²) >= 11 is 0. The summed E-state index contributed by atoms with van der Waals surface area (Å²) in [5.41, 5.74) is 3.62. The number of aryl methyl sites for hydroxylation is 1. The Balaban J connectivity index is 1.46. The van der Waals surface area contributed by atoms with Crippen molar-refractivity contribution in [2.24, 2.45) is 5.92 Å². The first-order valence-electron chi connectivity index (χ1n) is 9.18. The van der Waals surface area contributed by atoms with Gasteiger partial charge in [-0.05, 0) is 30.7 Å². The van der Waals surface area contributed by atoms with Crippen LogP contribution in [0.2, 0.25) is 0 Å². The maximum atomic E-state index is 12.8. The average Bonchev–Trinajstić information content (AvgIpc) is 3.34. The van der Waals surface area contributed by atoms with E-state index in [9.17, 15) is 9.59 Å². The van der Waals surface area contributed by atoms with Crippen LogP contribution in [-0.4, -0.2) is 33.1 Å². The highest BCUT2D eigenvalue weighted by Crippen LogP contribution is 2.27. The van der Waals surface area contributed by atoms with Crippen LogP contribution >= 0.6 is 0 Å². The quantitative estimate of drug-likeness (QED) is 0.743. The Morgan fingerprint density at radius 1 is 1.18 bits per heavy atom. The van der Waals surface area contributed by atoms with Crippen molar-refractivity contribution in [2.45, 2.75) is 19.9 Å². The second-order valence-corrected chi connectivity index (χ2v) is 6.98. The minimum absolute atomic E-state index is 0.0279. The first kappa shape index (κ1) is 17.9. The highest BCUT2D eigenvalue weighted by atomic mass is 16.2. The predicted octanol–water partition coefficient (Wildman–Crippen LogP) is 2.63. The topological polar surface area (TPSA) is 80.1 Å². The van der Waals surface area contributed by atoms with Gasteiger partial charge in [-0.3, -0.25) is 9.59 Å². The minimum Gasteiger partial charge on any atom is -0.325 e. The van der Waals surface area contributed by atoms with Crippen LogP contribution in [-0.2, 0) is 16.1 Å². The van der Waals surface area contributed by atoms with Crippen LogP contribution in [0.1, 0.15) is 17.5 Å². The van der Waals surface area contributed by atoms with Crippen LogP contribution < -0.4 is 10.2 Å². The fourth-order valence-corrected chi connectivity index (χ4v) is 3.36. The van der Waals surface area contributed by atoms with Gasteiger partial charge in [-0.2, -0.15) is 5.10 Å². The first-order valence-corrected chi connectivity index (χ1v) is 9.18. The van der Waals surface area contributed by atoms with Gasteiger partial charge >= 0.3 is 0 Å². The molecule has 7 nitrogen and oxygen atoms in total. The number of benzene rings is 2. The number of carbonyl (C=O) groups excluding carboxylic acids is 2. The number of hydrogen-bond acceptors (Lipinski definition) is 4. The molecule has 2 amide bonds. The van der Waals surface area contributed by atoms with Gasteiger partial charge in [0.2, 0.25) is 11.8 Å². The molecule has 1 aliphatic rings. The molecule has 0 radical (unpaired) electrons. The molecule has 1 unspecified atom stereocenters. The molecule has 2 heterocycles. The number of rotatable bonds is 5. The summed E-state index contributed by atoms with van der Waals surface area (Å²) in [5, 5.41) is 7.10. The second-order valence-electron chi connectivity index (χ2n) is 6.98. The van der Waals surface area contributed by atoms with Crippen LogP contribution in [0.5, 0.6) is 0 Å². The first-order chi connectivity index (χ1) is 13.6. The second kappa shape index (κ2) is 7.64. The number of amides is 2. The van der Waals surface area contributed by atoms with Crippen molar-refractivity contribution >= 4 is 23.2 Å². The van der Waals surface area contributed by atoms with Crippen LogP contribution in [0.15, 0.2) is 61.2 Å². The molecule has 1 aromatic heterocycles. The van der Waals surface area contributed by atoms with Crippen molar-refractivity contribution in [3.63, 3.8) is 0 Å². The summed E-state index contributed by atoms with van der Waals surface area (Å²) in [4.78, 5) is 30.9. The lowest BCUT2D eigenvalue weighted by Crippen LogP contribution is -2.28. The van der Waals surface area contributed by atoms with E-state index in [2.05, 4.69) is 15.4 Å². The van der Waals surface area contributed by atoms with E-state index in [4.69, 9.17) is 0 Å². The molecule has 4 rings (SSSR count). The van der Waals surface area contributed by atoms with E-state index < -0.39 is 0 Å². The summed E-state index contributed by atoms with van der Waals surface area (Å²) in [5.74, 6) is -0.554. The molecule has 1 atom stereocenters.